The van der Waals surface area contributed by atoms with Crippen molar-refractivity contribution >= 4 is 69.7 Å². The topological polar surface area (TPSA) is 94.5 Å². The fourth-order valence-corrected chi connectivity index (χ4v) is 11.8. The number of hydrogen-bond donors (Lipinski definition) is 0. The molecule has 7 aromatic rings. The number of pyridine rings is 2. The van der Waals surface area contributed by atoms with Crippen LogP contribution < -0.4 is 57.1 Å². The van der Waals surface area contributed by atoms with E-state index >= 15 is 0 Å². The van der Waals surface area contributed by atoms with Crippen LogP contribution in [0, 0.1) is 13.8 Å². The molecule has 64 heavy (non-hydrogen) atoms. The van der Waals surface area contributed by atoms with Gasteiger partial charge in [0.05, 0.1) is 46.9 Å². The van der Waals surface area contributed by atoms with Crippen molar-refractivity contribution in [2.45, 2.75) is 60.5 Å². The third kappa shape index (κ3) is 12.6. The Morgan fingerprint density at radius 3 is 1.19 bits per heavy atom. The maximum Gasteiger partial charge on any atom is 0.310 e. The van der Waals surface area contributed by atoms with Gasteiger partial charge in [-0.25, -0.2) is 0 Å². The van der Waals surface area contributed by atoms with Crippen molar-refractivity contribution < 1.29 is 85.7 Å². The molecule has 3 aromatic carbocycles. The van der Waals surface area contributed by atoms with Gasteiger partial charge in [-0.2, -0.15) is 9.13 Å². The Balaban J connectivity index is 0.00000385. The highest BCUT2D eigenvalue weighted by molar-refractivity contribution is 8.00. The molecule has 0 saturated heterocycles. The van der Waals surface area contributed by atoms with Gasteiger partial charge >= 0.3 is 11.9 Å². The third-order valence-corrected chi connectivity index (χ3v) is 15.0. The Labute approximate surface area is 424 Å². The van der Waals surface area contributed by atoms with E-state index in [1.165, 1.54) is 22.7 Å². The number of rotatable bonds is 18. The molecule has 0 aliphatic carbocycles. The predicted octanol–water partition coefficient (Wildman–Crippen LogP) is 4.25. The van der Waals surface area contributed by atoms with Gasteiger partial charge in [0, 0.05) is 46.9 Å². The Morgan fingerprint density at radius 1 is 0.516 bits per heavy atom. The number of nitrogens with zero attached hydrogens (tertiary/aromatic N) is 2. The summed E-state index contributed by atoms with van der Waals surface area (Å²) in [6.07, 6.45) is 7.82. The number of carbonyl (C=O) groups is 4. The minimum Gasteiger partial charge on any atom is -1.00 e. The molecule has 0 radical (unpaired) electrons. The molecule has 0 N–H and O–H groups in total. The highest BCUT2D eigenvalue weighted by Crippen LogP contribution is 2.42. The van der Waals surface area contributed by atoms with Gasteiger partial charge < -0.3 is 57.4 Å². The first-order valence-electron chi connectivity index (χ1n) is 20.3. The van der Waals surface area contributed by atoms with Gasteiger partial charge in [-0.3, -0.25) is 19.2 Å². The van der Waals surface area contributed by atoms with E-state index in [4.69, 9.17) is 9.47 Å². The second kappa shape index (κ2) is 24.4. The van der Waals surface area contributed by atoms with Crippen molar-refractivity contribution in [1.29, 1.82) is 0 Å². The molecule has 0 fully saturated rings. The van der Waals surface area contributed by atoms with Crippen LogP contribution in [0.2, 0.25) is 0 Å². The van der Waals surface area contributed by atoms with Gasteiger partial charge in [0.1, 0.15) is 8.42 Å². The lowest BCUT2D eigenvalue weighted by atomic mass is 10.0. The van der Waals surface area contributed by atoms with Crippen LogP contribution in [0.3, 0.4) is 0 Å². The maximum absolute atomic E-state index is 14.0. The maximum atomic E-state index is 14.0. The number of thiophene rings is 2. The van der Waals surface area contributed by atoms with E-state index in [9.17, 15) is 19.2 Å². The van der Waals surface area contributed by atoms with Crippen LogP contribution >= 0.6 is 46.2 Å². The Hall–Kier alpha value is -4.20. The van der Waals surface area contributed by atoms with Crippen LogP contribution in [0.1, 0.15) is 77.7 Å². The number of esters is 2. The summed E-state index contributed by atoms with van der Waals surface area (Å²) in [7, 11) is 0. The van der Waals surface area contributed by atoms with Crippen molar-refractivity contribution in [2.24, 2.45) is 0 Å². The number of ketones is 2. The molecule has 8 nitrogen and oxygen atoms in total. The van der Waals surface area contributed by atoms with Crippen molar-refractivity contribution in [3.05, 3.63) is 188 Å². The number of benzene rings is 3. The number of halogens is 2. The van der Waals surface area contributed by atoms with E-state index < -0.39 is 0 Å². The van der Waals surface area contributed by atoms with Gasteiger partial charge in [-0.15, -0.1) is 46.2 Å². The summed E-state index contributed by atoms with van der Waals surface area (Å²) in [6.45, 7) is 8.11. The summed E-state index contributed by atoms with van der Waals surface area (Å²) in [6, 6.07) is 34.8. The first kappa shape index (κ1) is 50.8. The van der Waals surface area contributed by atoms with E-state index in [0.29, 0.717) is 43.5 Å². The second-order valence-electron chi connectivity index (χ2n) is 14.4. The summed E-state index contributed by atoms with van der Waals surface area (Å²) in [5.74, 6) is 0.244. The van der Waals surface area contributed by atoms with E-state index in [-0.39, 0.29) is 97.5 Å². The molecule has 7 rings (SSSR count). The molecule has 0 atom stereocenters. The lowest BCUT2D eigenvalue weighted by Crippen LogP contribution is -3.00. The number of aryl methyl sites for hydroxylation is 2. The summed E-state index contributed by atoms with van der Waals surface area (Å²) in [4.78, 5) is 55.2. The fraction of sp³-hybridized carbons (Fsp3) is 0.200. The molecule has 0 spiro atoms. The van der Waals surface area contributed by atoms with Crippen LogP contribution in [-0.4, -0.2) is 36.7 Å². The van der Waals surface area contributed by atoms with Crippen LogP contribution in [0.4, 0.5) is 0 Å². The monoisotopic (exact) mass is 1150 g/mol. The summed E-state index contributed by atoms with van der Waals surface area (Å²) in [5, 5.41) is 0. The van der Waals surface area contributed by atoms with Gasteiger partial charge in [-0.1, -0.05) is 84.9 Å². The lowest BCUT2D eigenvalue weighted by Gasteiger charge is -2.07. The zero-order valence-corrected chi connectivity index (χ0v) is 43.3. The van der Waals surface area contributed by atoms with E-state index in [2.05, 4.69) is 24.3 Å². The number of aromatic nitrogens is 2. The summed E-state index contributed by atoms with van der Waals surface area (Å²) in [5.41, 5.74) is 8.44. The molecule has 0 aliphatic rings. The zero-order chi connectivity index (χ0) is 43.6. The predicted molar refractivity (Wildman–Crippen MR) is 247 cm³/mol. The SMILES string of the molecule is CCOC(=O)Cc1c(C(=O)c2ccccc2)sc(SCc2ccc(CSc3sc(C(=O)c4ccccc4)c(CC(=O)OCC)c3-[n+]3ccc(C)cc3)cc2)c1-[n+]1ccc(C)cc1.[I-].[I-]. The van der Waals surface area contributed by atoms with E-state index in [1.807, 2.05) is 108 Å². The third-order valence-electron chi connectivity index (χ3n) is 9.90. The Bertz CT molecular complexity index is 2500. The molecule has 330 valence electrons. The van der Waals surface area contributed by atoms with Crippen LogP contribution in [0.15, 0.2) is 142 Å². The smallest absolute Gasteiger partial charge is 0.310 e. The second-order valence-corrected chi connectivity index (χ2v) is 18.9. The zero-order valence-electron chi connectivity index (χ0n) is 35.7. The lowest BCUT2D eigenvalue weighted by molar-refractivity contribution is -0.598. The van der Waals surface area contributed by atoms with Crippen LogP contribution in [-0.2, 0) is 43.4 Å². The van der Waals surface area contributed by atoms with Crippen molar-refractivity contribution in [1.82, 2.24) is 0 Å². The molecule has 4 aromatic heterocycles. The van der Waals surface area contributed by atoms with E-state index in [0.717, 1.165) is 42.0 Å². The van der Waals surface area contributed by atoms with Gasteiger partial charge in [0.2, 0.25) is 22.9 Å². The van der Waals surface area contributed by atoms with Crippen LogP contribution in [0.25, 0.3) is 11.4 Å². The Kier molecular flexibility index (Phi) is 19.3. The first-order chi connectivity index (χ1) is 30.1. The Morgan fingerprint density at radius 2 is 0.859 bits per heavy atom. The normalized spacial score (nSPS) is 10.7. The fourth-order valence-electron chi connectivity index (χ4n) is 6.76. The number of ether oxygens (including phenoxy) is 2. The van der Waals surface area contributed by atoms with Gasteiger partial charge in [0.15, 0.2) is 24.8 Å². The molecule has 0 aliphatic heterocycles. The van der Waals surface area contributed by atoms with Crippen molar-refractivity contribution in [3.8, 4) is 11.4 Å². The molecule has 0 amide bonds. The minimum absolute atomic E-state index is 0. The minimum atomic E-state index is -0.382. The molecule has 4 heterocycles. The molecule has 0 bridgehead atoms. The van der Waals surface area contributed by atoms with Crippen molar-refractivity contribution in [2.75, 3.05) is 13.2 Å². The number of thioether (sulfide) groups is 2. The standard InChI is InChI=1S/C50H46N2O6S4.2HI/c1-5-57-41(53)29-39-43(51-25-21-33(3)22-26-51)49(61-47(39)45(55)37-13-9-7-10-14-37)59-31-35-17-19-36(20-18-35)32-60-50-44(52-27-23-34(4)24-28-52)40(30-42(54)58-6-2)48(62-50)46(56)38-15-11-8-12-16-38;;/h7-28H,5-6,29-32H2,1-4H3;2*1H/q+2;;/p-2. The number of carbonyl (C=O) groups excluding carboxylic acids is 4. The molecule has 0 unspecified atom stereocenters. The molecule has 0 saturated carbocycles. The first-order valence-corrected chi connectivity index (χ1v) is 23.9. The highest BCUT2D eigenvalue weighted by atomic mass is 127. The summed E-state index contributed by atoms with van der Waals surface area (Å²) < 4.78 is 16.6. The quantitative estimate of drug-likeness (QED) is 0.0415. The molecular formula is C50H46I2N2O6S4. The highest BCUT2D eigenvalue weighted by Gasteiger charge is 2.33. The molecular weight excluding hydrogens is 1110 g/mol. The largest absolute Gasteiger partial charge is 1.00 e. The van der Waals surface area contributed by atoms with Crippen LogP contribution in [0.5, 0.6) is 0 Å². The van der Waals surface area contributed by atoms with Gasteiger partial charge in [-0.05, 0) is 49.9 Å². The average molecular weight is 1150 g/mol. The van der Waals surface area contributed by atoms with E-state index in [1.54, 1.807) is 61.6 Å². The molecule has 14 heteroatoms. The van der Waals surface area contributed by atoms with Gasteiger partial charge in [0.25, 0.3) is 0 Å². The number of hydrogen-bond acceptors (Lipinski definition) is 10. The average Bonchev–Trinajstić information content (AvgIpc) is 3.83. The van der Waals surface area contributed by atoms with Crippen molar-refractivity contribution in [3.63, 3.8) is 0 Å². The summed E-state index contributed by atoms with van der Waals surface area (Å²) >= 11 is 6.10.